The van der Waals surface area contributed by atoms with E-state index in [1.165, 1.54) is 22.3 Å². The van der Waals surface area contributed by atoms with Crippen molar-refractivity contribution in [2.75, 3.05) is 18.8 Å². The predicted octanol–water partition coefficient (Wildman–Crippen LogP) is 3.41. The fourth-order valence-corrected chi connectivity index (χ4v) is 2.42. The minimum atomic E-state index is 0.172. The Bertz CT molecular complexity index is 383. The highest BCUT2D eigenvalue weighted by Gasteiger charge is 2.22. The number of hydrogen-bond acceptors (Lipinski definition) is 2. The molecule has 1 rings (SSSR count). The average Bonchev–Trinajstić information content (AvgIpc) is 2.23. The maximum atomic E-state index is 4.23. The Morgan fingerprint density at radius 1 is 1.06 bits per heavy atom. The zero-order valence-electron chi connectivity index (χ0n) is 11.7. The lowest BCUT2D eigenvalue weighted by Crippen LogP contribution is -2.34. The van der Waals surface area contributed by atoms with E-state index in [-0.39, 0.29) is 5.41 Å². The summed E-state index contributed by atoms with van der Waals surface area (Å²) in [6, 6.07) is 4.64. The second kappa shape index (κ2) is 5.92. The molecule has 2 heteroatoms. The number of thiol groups is 1. The normalized spacial score (nSPS) is 11.9. The molecule has 0 aliphatic carbocycles. The smallest absolute Gasteiger partial charge is 0.00436 e. The molecule has 0 aliphatic rings. The molecule has 0 aliphatic heterocycles. The van der Waals surface area contributed by atoms with Crippen LogP contribution in [0.1, 0.15) is 36.1 Å². The van der Waals surface area contributed by atoms with Crippen LogP contribution >= 0.6 is 12.6 Å². The Kier molecular flexibility index (Phi) is 5.08. The number of nitrogens with one attached hydrogen (secondary N) is 1. The van der Waals surface area contributed by atoms with Gasteiger partial charge in [0.1, 0.15) is 0 Å². The van der Waals surface area contributed by atoms with Gasteiger partial charge in [-0.15, -0.1) is 0 Å². The summed E-state index contributed by atoms with van der Waals surface area (Å²) in [6.45, 7) is 13.1. The van der Waals surface area contributed by atoms with Crippen LogP contribution in [-0.2, 0) is 5.41 Å². The summed E-state index contributed by atoms with van der Waals surface area (Å²) in [4.78, 5) is 0. The van der Waals surface area contributed by atoms with E-state index in [9.17, 15) is 0 Å². The largest absolute Gasteiger partial charge is 0.315 e. The van der Waals surface area contributed by atoms with Crippen molar-refractivity contribution in [2.45, 2.75) is 40.0 Å². The van der Waals surface area contributed by atoms with Gasteiger partial charge in [-0.2, -0.15) is 12.6 Å². The van der Waals surface area contributed by atoms with Crippen LogP contribution in [0.25, 0.3) is 0 Å². The van der Waals surface area contributed by atoms with Crippen LogP contribution in [0.4, 0.5) is 0 Å². The molecule has 0 heterocycles. The third-order valence-electron chi connectivity index (χ3n) is 3.43. The molecule has 1 N–H and O–H groups in total. The molecule has 0 amide bonds. The number of benzene rings is 1. The van der Waals surface area contributed by atoms with E-state index in [1.54, 1.807) is 0 Å². The maximum absolute atomic E-state index is 4.23. The lowest BCUT2D eigenvalue weighted by atomic mass is 9.80. The van der Waals surface area contributed by atoms with Crippen molar-refractivity contribution in [3.63, 3.8) is 0 Å². The Morgan fingerprint density at radius 2 is 1.65 bits per heavy atom. The molecular formula is C15H25NS. The summed E-state index contributed by atoms with van der Waals surface area (Å²) >= 11 is 4.23. The van der Waals surface area contributed by atoms with Gasteiger partial charge in [-0.3, -0.25) is 0 Å². The molecule has 1 aromatic rings. The highest BCUT2D eigenvalue weighted by Crippen LogP contribution is 2.28. The van der Waals surface area contributed by atoms with Crippen LogP contribution in [0.2, 0.25) is 0 Å². The highest BCUT2D eigenvalue weighted by molar-refractivity contribution is 7.80. The predicted molar refractivity (Wildman–Crippen MR) is 80.4 cm³/mol. The molecule has 0 radical (unpaired) electrons. The fraction of sp³-hybridized carbons (Fsp3) is 0.600. The van der Waals surface area contributed by atoms with E-state index in [4.69, 9.17) is 0 Å². The van der Waals surface area contributed by atoms with Gasteiger partial charge in [0.2, 0.25) is 0 Å². The van der Waals surface area contributed by atoms with Crippen molar-refractivity contribution in [2.24, 2.45) is 0 Å². The van der Waals surface area contributed by atoms with Crippen molar-refractivity contribution in [1.82, 2.24) is 5.32 Å². The van der Waals surface area contributed by atoms with Crippen LogP contribution in [0, 0.1) is 20.8 Å². The van der Waals surface area contributed by atoms with Gasteiger partial charge in [0, 0.05) is 24.3 Å². The summed E-state index contributed by atoms with van der Waals surface area (Å²) in [6.07, 6.45) is 0. The Labute approximate surface area is 111 Å². The summed E-state index contributed by atoms with van der Waals surface area (Å²) in [5.74, 6) is 0.891. The van der Waals surface area contributed by atoms with Crippen molar-refractivity contribution in [1.29, 1.82) is 0 Å². The lowest BCUT2D eigenvalue weighted by Gasteiger charge is -2.28. The van der Waals surface area contributed by atoms with Crippen LogP contribution in [0.3, 0.4) is 0 Å². The van der Waals surface area contributed by atoms with Gasteiger partial charge in [0.15, 0.2) is 0 Å². The number of hydrogen-bond donors (Lipinski definition) is 2. The van der Waals surface area contributed by atoms with E-state index in [2.05, 4.69) is 64.7 Å². The first-order chi connectivity index (χ1) is 7.88. The molecule has 96 valence electrons. The Morgan fingerprint density at radius 3 is 2.24 bits per heavy atom. The Hall–Kier alpha value is -0.470. The van der Waals surface area contributed by atoms with E-state index in [1.807, 2.05) is 0 Å². The number of aryl methyl sites for hydroxylation is 3. The summed E-state index contributed by atoms with van der Waals surface area (Å²) in [7, 11) is 0. The average molecular weight is 251 g/mol. The first-order valence-corrected chi connectivity index (χ1v) is 6.91. The van der Waals surface area contributed by atoms with E-state index in [0.717, 1.165) is 18.8 Å². The van der Waals surface area contributed by atoms with Gasteiger partial charge in [0.25, 0.3) is 0 Å². The number of rotatable bonds is 5. The third-order valence-corrected chi connectivity index (χ3v) is 3.65. The van der Waals surface area contributed by atoms with Gasteiger partial charge in [-0.25, -0.2) is 0 Å². The van der Waals surface area contributed by atoms with Crippen molar-refractivity contribution >= 4 is 12.6 Å². The molecule has 0 atom stereocenters. The van der Waals surface area contributed by atoms with Crippen molar-refractivity contribution in [3.05, 3.63) is 34.4 Å². The molecule has 0 unspecified atom stereocenters. The molecule has 0 saturated carbocycles. The topological polar surface area (TPSA) is 12.0 Å². The SMILES string of the molecule is Cc1cc(C)c(C(C)(C)CNCCS)cc1C. The Balaban J connectivity index is 2.93. The lowest BCUT2D eigenvalue weighted by molar-refractivity contribution is 0.476. The minimum absolute atomic E-state index is 0.172. The van der Waals surface area contributed by atoms with Crippen LogP contribution in [-0.4, -0.2) is 18.8 Å². The van der Waals surface area contributed by atoms with Crippen LogP contribution in [0.5, 0.6) is 0 Å². The molecular weight excluding hydrogens is 226 g/mol. The van der Waals surface area contributed by atoms with Gasteiger partial charge in [0.05, 0.1) is 0 Å². The van der Waals surface area contributed by atoms with Crippen molar-refractivity contribution < 1.29 is 0 Å². The van der Waals surface area contributed by atoms with Gasteiger partial charge < -0.3 is 5.32 Å². The third kappa shape index (κ3) is 3.75. The highest BCUT2D eigenvalue weighted by atomic mass is 32.1. The van der Waals surface area contributed by atoms with E-state index in [0.29, 0.717) is 0 Å². The molecule has 0 bridgehead atoms. The molecule has 0 spiro atoms. The van der Waals surface area contributed by atoms with Gasteiger partial charge >= 0.3 is 0 Å². The van der Waals surface area contributed by atoms with E-state index < -0.39 is 0 Å². The summed E-state index contributed by atoms with van der Waals surface area (Å²) < 4.78 is 0. The van der Waals surface area contributed by atoms with Crippen molar-refractivity contribution in [3.8, 4) is 0 Å². The summed E-state index contributed by atoms with van der Waals surface area (Å²) in [5.41, 5.74) is 5.78. The first-order valence-electron chi connectivity index (χ1n) is 6.28. The molecule has 0 fully saturated rings. The standard InChI is InChI=1S/C15H25NS/c1-11-8-13(3)14(9-12(11)2)15(4,5)10-16-6-7-17/h8-9,16-17H,6-7,10H2,1-5H3. The molecule has 1 nitrogen and oxygen atoms in total. The molecule has 0 aromatic heterocycles. The minimum Gasteiger partial charge on any atom is -0.315 e. The second-order valence-electron chi connectivity index (χ2n) is 5.54. The zero-order chi connectivity index (χ0) is 13.1. The maximum Gasteiger partial charge on any atom is 0.00436 e. The van der Waals surface area contributed by atoms with Crippen LogP contribution < -0.4 is 5.32 Å². The monoisotopic (exact) mass is 251 g/mol. The first kappa shape index (κ1) is 14.6. The molecule has 1 aromatic carbocycles. The van der Waals surface area contributed by atoms with Crippen LogP contribution in [0.15, 0.2) is 12.1 Å². The zero-order valence-corrected chi connectivity index (χ0v) is 12.6. The molecule has 17 heavy (non-hydrogen) atoms. The van der Waals surface area contributed by atoms with Gasteiger partial charge in [-0.1, -0.05) is 26.0 Å². The fourth-order valence-electron chi connectivity index (χ4n) is 2.26. The van der Waals surface area contributed by atoms with Gasteiger partial charge in [-0.05, 0) is 43.0 Å². The second-order valence-corrected chi connectivity index (χ2v) is 5.98. The van der Waals surface area contributed by atoms with E-state index >= 15 is 0 Å². The molecule has 0 saturated heterocycles. The summed E-state index contributed by atoms with van der Waals surface area (Å²) in [5, 5.41) is 3.46. The quantitative estimate of drug-likeness (QED) is 0.604.